The molecular formula is C28H21Cl2N7O3S. The monoisotopic (exact) mass is 605 g/mol. The second-order valence-corrected chi connectivity index (χ2v) is 10.7. The number of rotatable bonds is 5. The number of carbonyl (C=O) groups is 2. The van der Waals surface area contributed by atoms with Gasteiger partial charge in [-0.1, -0.05) is 58.7 Å². The standard InChI is InChI=1S/C28H21Cl2N7O3S/c29-19-6-10-21(11-7-19)36-25(18-4-2-1-3-5-18)23(32-34-36)26(38)31-27-24(28(39)35-14-16-40-17-15-35)33-37(41-27)22-12-8-20(30)9-13-22/h1-13H,14-17H2. The summed E-state index contributed by atoms with van der Waals surface area (Å²) < 4.78 is 8.65. The number of aromatic nitrogens is 5. The molecule has 10 nitrogen and oxygen atoms in total. The fourth-order valence-electron chi connectivity index (χ4n) is 4.27. The topological polar surface area (TPSA) is 108 Å². The zero-order valence-corrected chi connectivity index (χ0v) is 23.7. The van der Waals surface area contributed by atoms with E-state index in [1.54, 1.807) is 62.2 Å². The van der Waals surface area contributed by atoms with Crippen molar-refractivity contribution in [3.8, 4) is 22.6 Å². The van der Waals surface area contributed by atoms with E-state index in [9.17, 15) is 9.59 Å². The van der Waals surface area contributed by atoms with Gasteiger partial charge in [-0.25, -0.2) is 4.68 Å². The minimum atomic E-state index is -0.660. The van der Waals surface area contributed by atoms with Crippen LogP contribution in [0.3, 0.4) is 0 Å². The lowest BCUT2D eigenvalue weighted by atomic mass is 10.1. The molecule has 0 unspecified atom stereocenters. The van der Waals surface area contributed by atoms with E-state index >= 15 is 0 Å². The second kappa shape index (κ2) is 11.8. The molecule has 1 aliphatic rings. The van der Waals surface area contributed by atoms with Crippen molar-refractivity contribution in [3.63, 3.8) is 0 Å². The molecule has 206 valence electrons. The zero-order valence-electron chi connectivity index (χ0n) is 21.4. The Morgan fingerprint density at radius 1 is 0.829 bits per heavy atom. The van der Waals surface area contributed by atoms with Gasteiger partial charge in [-0.05, 0) is 60.1 Å². The van der Waals surface area contributed by atoms with Gasteiger partial charge in [0.15, 0.2) is 16.1 Å². The molecule has 1 aliphatic heterocycles. The van der Waals surface area contributed by atoms with E-state index in [0.717, 1.165) is 17.1 Å². The van der Waals surface area contributed by atoms with Crippen molar-refractivity contribution in [1.29, 1.82) is 0 Å². The third-order valence-corrected chi connectivity index (χ3v) is 7.74. The molecular weight excluding hydrogens is 585 g/mol. The van der Waals surface area contributed by atoms with E-state index in [0.29, 0.717) is 53.4 Å². The Kier molecular flexibility index (Phi) is 7.75. The van der Waals surface area contributed by atoms with Gasteiger partial charge in [0, 0.05) is 28.7 Å². The summed E-state index contributed by atoms with van der Waals surface area (Å²) in [5.41, 5.74) is 2.60. The molecule has 0 spiro atoms. The Labute approximate surface area is 248 Å². The van der Waals surface area contributed by atoms with Gasteiger partial charge in [-0.2, -0.15) is 9.06 Å². The number of carbonyl (C=O) groups excluding carboxylic acids is 2. The van der Waals surface area contributed by atoms with Crippen molar-refractivity contribution < 1.29 is 14.3 Å². The fraction of sp³-hybridized carbons (Fsp3) is 0.143. The van der Waals surface area contributed by atoms with Crippen molar-refractivity contribution >= 4 is 46.5 Å². The van der Waals surface area contributed by atoms with Crippen molar-refractivity contribution in [1.82, 2.24) is 29.1 Å². The molecule has 1 fully saturated rings. The number of morpholine rings is 1. The summed E-state index contributed by atoms with van der Waals surface area (Å²) in [6.07, 6.45) is 0. The first-order chi connectivity index (χ1) is 20.0. The van der Waals surface area contributed by atoms with Gasteiger partial charge in [-0.3, -0.25) is 9.59 Å². The van der Waals surface area contributed by atoms with Crippen LogP contribution in [0.25, 0.3) is 22.6 Å². The van der Waals surface area contributed by atoms with Crippen LogP contribution in [0.2, 0.25) is 10.0 Å². The van der Waals surface area contributed by atoms with Gasteiger partial charge < -0.3 is 9.64 Å². The number of halogens is 2. The summed E-state index contributed by atoms with van der Waals surface area (Å²) in [5, 5.41) is 14.1. The lowest BCUT2D eigenvalue weighted by Gasteiger charge is -2.25. The van der Waals surface area contributed by atoms with Crippen molar-refractivity contribution in [3.05, 3.63) is 105 Å². The largest absolute Gasteiger partial charge is 0.378 e. The Bertz CT molecular complexity index is 1780. The fourth-order valence-corrected chi connectivity index (χ4v) is 5.37. The predicted molar refractivity (Wildman–Crippen MR) is 155 cm³/mol. The Morgan fingerprint density at radius 2 is 1.46 bits per heavy atom. The maximum Gasteiger partial charge on any atom is 0.301 e. The molecule has 2 aromatic heterocycles. The number of hydrogen-bond donors (Lipinski definition) is 0. The van der Waals surface area contributed by atoms with Crippen molar-refractivity contribution in [2.75, 3.05) is 26.3 Å². The first-order valence-corrected chi connectivity index (χ1v) is 14.1. The summed E-state index contributed by atoms with van der Waals surface area (Å²) in [6.45, 7) is 1.68. The molecule has 41 heavy (non-hydrogen) atoms. The van der Waals surface area contributed by atoms with Crippen LogP contribution in [0.15, 0.2) is 83.9 Å². The predicted octanol–water partition coefficient (Wildman–Crippen LogP) is 4.70. The van der Waals surface area contributed by atoms with Gasteiger partial charge >= 0.3 is 5.91 Å². The van der Waals surface area contributed by atoms with Crippen LogP contribution in [0.1, 0.15) is 21.0 Å². The Morgan fingerprint density at radius 3 is 2.12 bits per heavy atom. The van der Waals surface area contributed by atoms with Crippen LogP contribution in [-0.2, 0) is 4.74 Å². The summed E-state index contributed by atoms with van der Waals surface area (Å²) in [7, 11) is 0. The number of nitrogens with zero attached hydrogens (tertiary/aromatic N) is 7. The molecule has 13 heteroatoms. The van der Waals surface area contributed by atoms with Crippen molar-refractivity contribution in [2.45, 2.75) is 0 Å². The highest BCUT2D eigenvalue weighted by atomic mass is 35.5. The zero-order chi connectivity index (χ0) is 28.3. The summed E-state index contributed by atoms with van der Waals surface area (Å²) >= 11 is 13.2. The molecule has 0 N–H and O–H groups in total. The quantitative estimate of drug-likeness (QED) is 0.287. The smallest absolute Gasteiger partial charge is 0.301 e. The lowest BCUT2D eigenvalue weighted by Crippen LogP contribution is -2.42. The van der Waals surface area contributed by atoms with Crippen LogP contribution in [0.4, 0.5) is 0 Å². The highest BCUT2D eigenvalue weighted by molar-refractivity contribution is 7.04. The number of hydrogen-bond acceptors (Lipinski definition) is 7. The number of amides is 2. The van der Waals surface area contributed by atoms with Gasteiger partial charge in [0.2, 0.25) is 0 Å². The summed E-state index contributed by atoms with van der Waals surface area (Å²) in [4.78, 5) is 33.3. The highest BCUT2D eigenvalue weighted by Gasteiger charge is 2.26. The lowest BCUT2D eigenvalue weighted by molar-refractivity contribution is 0.0297. The van der Waals surface area contributed by atoms with Crippen LogP contribution < -0.4 is 4.67 Å². The third kappa shape index (κ3) is 5.70. The molecule has 3 heterocycles. The molecule has 0 bridgehead atoms. The van der Waals surface area contributed by atoms with Crippen LogP contribution in [0, 0.1) is 0 Å². The average molecular weight is 606 g/mol. The van der Waals surface area contributed by atoms with Gasteiger partial charge in [0.1, 0.15) is 5.69 Å². The van der Waals surface area contributed by atoms with Crippen molar-refractivity contribution in [2.24, 2.45) is 4.99 Å². The Balaban J connectivity index is 1.47. The SMILES string of the molecule is O=C(N=c1sn(-c2ccc(Cl)cc2)nc1C(=O)N1CCOCC1)c1nnn(-c2ccc(Cl)cc2)c1-c1ccccc1. The maximum atomic E-state index is 13.8. The minimum Gasteiger partial charge on any atom is -0.378 e. The number of benzene rings is 3. The normalized spacial score (nSPS) is 13.9. The third-order valence-electron chi connectivity index (χ3n) is 6.31. The van der Waals surface area contributed by atoms with E-state index in [1.807, 2.05) is 30.3 Å². The van der Waals surface area contributed by atoms with E-state index < -0.39 is 5.91 Å². The summed E-state index contributed by atoms with van der Waals surface area (Å²) in [5.74, 6) is -0.996. The molecule has 0 atom stereocenters. The van der Waals surface area contributed by atoms with Crippen LogP contribution in [0.5, 0.6) is 0 Å². The first-order valence-electron chi connectivity index (χ1n) is 12.6. The molecule has 5 aromatic rings. The van der Waals surface area contributed by atoms with E-state index in [4.69, 9.17) is 27.9 Å². The molecule has 2 amide bonds. The second-order valence-electron chi connectivity index (χ2n) is 8.96. The maximum absolute atomic E-state index is 13.8. The van der Waals surface area contributed by atoms with E-state index in [-0.39, 0.29) is 22.0 Å². The van der Waals surface area contributed by atoms with E-state index in [1.165, 1.54) is 0 Å². The minimum absolute atomic E-state index is 0.0300. The highest BCUT2D eigenvalue weighted by Crippen LogP contribution is 2.26. The molecule has 6 rings (SSSR count). The number of ether oxygens (including phenoxy) is 1. The van der Waals surface area contributed by atoms with Gasteiger partial charge in [0.25, 0.3) is 5.91 Å². The van der Waals surface area contributed by atoms with Gasteiger partial charge in [0.05, 0.1) is 24.6 Å². The summed E-state index contributed by atoms with van der Waals surface area (Å²) in [6, 6.07) is 23.3. The Hall–Kier alpha value is -4.16. The molecule has 0 aliphatic carbocycles. The van der Waals surface area contributed by atoms with Crippen LogP contribution >= 0.6 is 34.7 Å². The van der Waals surface area contributed by atoms with Crippen LogP contribution in [-0.4, -0.2) is 67.2 Å². The van der Waals surface area contributed by atoms with E-state index in [2.05, 4.69) is 20.4 Å². The first kappa shape index (κ1) is 27.0. The molecule has 0 saturated carbocycles. The molecule has 0 radical (unpaired) electrons. The molecule has 3 aromatic carbocycles. The molecule has 1 saturated heterocycles. The average Bonchev–Trinajstić information content (AvgIpc) is 3.64. The van der Waals surface area contributed by atoms with Gasteiger partial charge in [-0.15, -0.1) is 10.2 Å².